The number of hydrogen-bond donors (Lipinski definition) is 0. The van der Waals surface area contributed by atoms with Crippen LogP contribution in [0.25, 0.3) is 22.3 Å². The van der Waals surface area contributed by atoms with E-state index in [0.29, 0.717) is 11.4 Å². The van der Waals surface area contributed by atoms with Gasteiger partial charge in [-0.25, -0.2) is 14.4 Å². The highest BCUT2D eigenvalue weighted by atomic mass is 19.1. The molecule has 1 fully saturated rings. The van der Waals surface area contributed by atoms with Gasteiger partial charge >= 0.3 is 0 Å². The highest BCUT2D eigenvalue weighted by Gasteiger charge is 2.22. The number of fused-ring (bicyclic) bond motifs is 1. The van der Waals surface area contributed by atoms with Gasteiger partial charge in [0.2, 0.25) is 0 Å². The van der Waals surface area contributed by atoms with E-state index in [1.54, 1.807) is 12.1 Å². The molecule has 1 saturated heterocycles. The van der Waals surface area contributed by atoms with Crippen LogP contribution < -0.4 is 9.80 Å². The van der Waals surface area contributed by atoms with E-state index < -0.39 is 0 Å². The van der Waals surface area contributed by atoms with Crippen molar-refractivity contribution in [3.05, 3.63) is 84.7 Å². The summed E-state index contributed by atoms with van der Waals surface area (Å²) in [6, 6.07) is 25.1. The fourth-order valence-corrected chi connectivity index (χ4v) is 3.88. The average Bonchev–Trinajstić information content (AvgIpc) is 2.79. The second-order valence-corrected chi connectivity index (χ2v) is 7.18. The molecule has 0 spiro atoms. The molecule has 2 heterocycles. The monoisotopic (exact) mass is 384 g/mol. The molecule has 3 aromatic carbocycles. The Morgan fingerprint density at radius 3 is 2.10 bits per heavy atom. The van der Waals surface area contributed by atoms with Crippen molar-refractivity contribution in [3.63, 3.8) is 0 Å². The molecular weight excluding hydrogens is 363 g/mol. The van der Waals surface area contributed by atoms with Gasteiger partial charge in [0.05, 0.1) is 11.1 Å². The number of piperazine rings is 1. The van der Waals surface area contributed by atoms with Gasteiger partial charge in [-0.2, -0.15) is 0 Å². The number of halogens is 1. The van der Waals surface area contributed by atoms with Crippen LogP contribution in [0.5, 0.6) is 0 Å². The zero-order chi connectivity index (χ0) is 19.6. The predicted octanol–water partition coefficient (Wildman–Crippen LogP) is 4.76. The minimum atomic E-state index is -0.303. The summed E-state index contributed by atoms with van der Waals surface area (Å²) in [5.74, 6) is 1.01. The molecule has 5 rings (SSSR count). The molecule has 0 unspecified atom stereocenters. The van der Waals surface area contributed by atoms with Crippen molar-refractivity contribution in [1.29, 1.82) is 0 Å². The lowest BCUT2D eigenvalue weighted by atomic mass is 10.1. The number of nitrogens with zero attached hydrogens (tertiary/aromatic N) is 4. The molecule has 1 aliphatic heterocycles. The predicted molar refractivity (Wildman–Crippen MR) is 116 cm³/mol. The summed E-state index contributed by atoms with van der Waals surface area (Å²) in [5, 5.41) is 1.00. The lowest BCUT2D eigenvalue weighted by molar-refractivity contribution is 0.629. The Morgan fingerprint density at radius 1 is 0.655 bits per heavy atom. The van der Waals surface area contributed by atoms with Crippen LogP contribution >= 0.6 is 0 Å². The highest BCUT2D eigenvalue weighted by molar-refractivity contribution is 5.91. The lowest BCUT2D eigenvalue weighted by Crippen LogP contribution is -2.47. The molecule has 0 N–H and O–H groups in total. The van der Waals surface area contributed by atoms with Gasteiger partial charge in [-0.05, 0) is 36.4 Å². The van der Waals surface area contributed by atoms with E-state index in [2.05, 4.69) is 39.0 Å². The molecule has 4 aromatic rings. The normalized spacial score (nSPS) is 14.4. The number of aromatic nitrogens is 2. The van der Waals surface area contributed by atoms with Crippen molar-refractivity contribution in [2.45, 2.75) is 0 Å². The summed E-state index contributed by atoms with van der Waals surface area (Å²) >= 11 is 0. The lowest BCUT2D eigenvalue weighted by Gasteiger charge is -2.37. The molecule has 0 saturated carbocycles. The summed E-state index contributed by atoms with van der Waals surface area (Å²) in [7, 11) is 0. The van der Waals surface area contributed by atoms with Gasteiger partial charge in [0, 0.05) is 37.3 Å². The van der Waals surface area contributed by atoms with E-state index in [1.807, 2.05) is 36.4 Å². The van der Waals surface area contributed by atoms with Gasteiger partial charge in [0.25, 0.3) is 0 Å². The maximum absolute atomic E-state index is 14.4. The number of benzene rings is 3. The Hall–Kier alpha value is -3.47. The molecule has 4 nitrogen and oxygen atoms in total. The quantitative estimate of drug-likeness (QED) is 0.510. The number of hydrogen-bond acceptors (Lipinski definition) is 4. The van der Waals surface area contributed by atoms with Crippen molar-refractivity contribution in [2.24, 2.45) is 0 Å². The first-order chi connectivity index (χ1) is 14.3. The van der Waals surface area contributed by atoms with Crippen LogP contribution in [-0.4, -0.2) is 36.1 Å². The molecule has 0 amide bonds. The van der Waals surface area contributed by atoms with Gasteiger partial charge in [0.1, 0.15) is 11.6 Å². The van der Waals surface area contributed by atoms with Gasteiger partial charge < -0.3 is 9.80 Å². The van der Waals surface area contributed by atoms with Gasteiger partial charge in [-0.1, -0.05) is 42.5 Å². The number of para-hydroxylation sites is 2. The standard InChI is InChI=1S/C24H21FN4/c25-21-12-6-4-10-19(21)23-26-22-13-7-5-11-20(22)24(27-23)29-16-14-28(15-17-29)18-8-2-1-3-9-18/h1-13H,14-17H2. The highest BCUT2D eigenvalue weighted by Crippen LogP contribution is 2.29. The van der Waals surface area contributed by atoms with Crippen molar-refractivity contribution in [1.82, 2.24) is 9.97 Å². The first kappa shape index (κ1) is 17.6. The van der Waals surface area contributed by atoms with Gasteiger partial charge in [-0.15, -0.1) is 0 Å². The number of rotatable bonds is 3. The van der Waals surface area contributed by atoms with Crippen LogP contribution in [0.15, 0.2) is 78.9 Å². The molecule has 144 valence electrons. The Morgan fingerprint density at radius 2 is 1.31 bits per heavy atom. The third-order valence-corrected chi connectivity index (χ3v) is 5.40. The van der Waals surface area contributed by atoms with Crippen LogP contribution in [0.3, 0.4) is 0 Å². The largest absolute Gasteiger partial charge is 0.368 e. The molecule has 0 radical (unpaired) electrons. The first-order valence-electron chi connectivity index (χ1n) is 9.86. The topological polar surface area (TPSA) is 32.3 Å². The van der Waals surface area contributed by atoms with Crippen LogP contribution in [0, 0.1) is 5.82 Å². The fraction of sp³-hybridized carbons (Fsp3) is 0.167. The average molecular weight is 384 g/mol. The zero-order valence-corrected chi connectivity index (χ0v) is 16.0. The van der Waals surface area contributed by atoms with Crippen molar-refractivity contribution >= 4 is 22.4 Å². The van der Waals surface area contributed by atoms with E-state index in [4.69, 9.17) is 4.98 Å². The van der Waals surface area contributed by atoms with E-state index in [1.165, 1.54) is 11.8 Å². The van der Waals surface area contributed by atoms with Crippen molar-refractivity contribution in [2.75, 3.05) is 36.0 Å². The van der Waals surface area contributed by atoms with Crippen LogP contribution in [-0.2, 0) is 0 Å². The zero-order valence-electron chi connectivity index (χ0n) is 16.0. The second kappa shape index (κ2) is 7.51. The molecule has 1 aliphatic rings. The Balaban J connectivity index is 1.51. The maximum Gasteiger partial charge on any atom is 0.165 e. The minimum absolute atomic E-state index is 0.303. The molecule has 0 aliphatic carbocycles. The molecule has 0 atom stereocenters. The summed E-state index contributed by atoms with van der Waals surface area (Å²) < 4.78 is 14.4. The molecule has 0 bridgehead atoms. The third-order valence-electron chi connectivity index (χ3n) is 5.40. The van der Waals surface area contributed by atoms with E-state index >= 15 is 0 Å². The molecule has 5 heteroatoms. The molecule has 29 heavy (non-hydrogen) atoms. The van der Waals surface area contributed by atoms with E-state index in [-0.39, 0.29) is 5.82 Å². The van der Waals surface area contributed by atoms with E-state index in [9.17, 15) is 4.39 Å². The van der Waals surface area contributed by atoms with Crippen LogP contribution in [0.4, 0.5) is 15.9 Å². The van der Waals surface area contributed by atoms with Crippen LogP contribution in [0.2, 0.25) is 0 Å². The summed E-state index contributed by atoms with van der Waals surface area (Å²) in [5.41, 5.74) is 2.51. The van der Waals surface area contributed by atoms with Gasteiger partial charge in [0.15, 0.2) is 5.82 Å². The van der Waals surface area contributed by atoms with Gasteiger partial charge in [-0.3, -0.25) is 0 Å². The summed E-state index contributed by atoms with van der Waals surface area (Å²) in [6.07, 6.45) is 0. The number of anilines is 2. The smallest absolute Gasteiger partial charge is 0.165 e. The SMILES string of the molecule is Fc1ccccc1-c1nc(N2CCN(c3ccccc3)CC2)c2ccccc2n1. The Kier molecular flexibility index (Phi) is 4.56. The van der Waals surface area contributed by atoms with E-state index in [0.717, 1.165) is 42.9 Å². The Labute approximate surface area is 169 Å². The van der Waals surface area contributed by atoms with Crippen molar-refractivity contribution < 1.29 is 4.39 Å². The fourth-order valence-electron chi connectivity index (χ4n) is 3.88. The third kappa shape index (κ3) is 3.40. The van der Waals surface area contributed by atoms with Crippen molar-refractivity contribution in [3.8, 4) is 11.4 Å². The molecule has 1 aromatic heterocycles. The maximum atomic E-state index is 14.4. The Bertz CT molecular complexity index is 1140. The first-order valence-corrected chi connectivity index (χ1v) is 9.86. The molecular formula is C24H21FN4. The second-order valence-electron chi connectivity index (χ2n) is 7.18. The summed E-state index contributed by atoms with van der Waals surface area (Å²) in [4.78, 5) is 14.1. The van der Waals surface area contributed by atoms with Crippen LogP contribution in [0.1, 0.15) is 0 Å². The minimum Gasteiger partial charge on any atom is -0.368 e. The summed E-state index contributed by atoms with van der Waals surface area (Å²) in [6.45, 7) is 3.54.